The van der Waals surface area contributed by atoms with Crippen molar-refractivity contribution in [1.29, 1.82) is 0 Å². The molecule has 21 heavy (non-hydrogen) atoms. The molecule has 6 nitrogen and oxygen atoms in total. The Morgan fingerprint density at radius 1 is 1.19 bits per heavy atom. The Balaban J connectivity index is 3.08. The van der Waals surface area contributed by atoms with Gasteiger partial charge in [0.1, 0.15) is 0 Å². The van der Waals surface area contributed by atoms with E-state index in [1.165, 1.54) is 30.7 Å². The number of sulfonamides is 1. The van der Waals surface area contributed by atoms with Crippen LogP contribution >= 0.6 is 11.6 Å². The second-order valence-corrected chi connectivity index (χ2v) is 6.69. The lowest BCUT2D eigenvalue weighted by Gasteiger charge is -2.22. The highest BCUT2D eigenvalue weighted by molar-refractivity contribution is 7.89. The fraction of sp³-hybridized carbons (Fsp3) is 0.538. The van der Waals surface area contributed by atoms with Gasteiger partial charge >= 0.3 is 0 Å². The standard InChI is InChI=1S/C13H21ClN2O4S/c1-19-7-5-16(6-8-20-2)21(17,18)12-3-4-13(14)11(9-12)10-15/h3-4,9H,5-8,10,15H2,1-2H3. The average Bonchev–Trinajstić information content (AvgIpc) is 2.47. The molecule has 0 atom stereocenters. The zero-order valence-corrected chi connectivity index (χ0v) is 13.8. The van der Waals surface area contributed by atoms with Gasteiger partial charge in [-0.05, 0) is 23.8 Å². The molecule has 2 N–H and O–H groups in total. The fourth-order valence-electron chi connectivity index (χ4n) is 1.76. The van der Waals surface area contributed by atoms with Crippen LogP contribution in [0.2, 0.25) is 5.02 Å². The number of halogens is 1. The number of benzene rings is 1. The van der Waals surface area contributed by atoms with Crippen molar-refractivity contribution in [3.63, 3.8) is 0 Å². The van der Waals surface area contributed by atoms with Gasteiger partial charge in [0.2, 0.25) is 10.0 Å². The van der Waals surface area contributed by atoms with Crippen LogP contribution in [-0.2, 0) is 26.0 Å². The molecule has 0 unspecified atom stereocenters. The Labute approximate surface area is 130 Å². The van der Waals surface area contributed by atoms with E-state index in [2.05, 4.69) is 0 Å². The molecule has 0 saturated carbocycles. The molecule has 0 radical (unpaired) electrons. The maximum atomic E-state index is 12.7. The summed E-state index contributed by atoms with van der Waals surface area (Å²) in [5.74, 6) is 0. The zero-order valence-electron chi connectivity index (χ0n) is 12.2. The van der Waals surface area contributed by atoms with Gasteiger partial charge in [-0.3, -0.25) is 0 Å². The molecule has 0 bridgehead atoms. The highest BCUT2D eigenvalue weighted by atomic mass is 35.5. The lowest BCUT2D eigenvalue weighted by molar-refractivity contribution is 0.150. The fourth-order valence-corrected chi connectivity index (χ4v) is 3.41. The quantitative estimate of drug-likeness (QED) is 0.729. The van der Waals surface area contributed by atoms with Crippen molar-refractivity contribution < 1.29 is 17.9 Å². The Hall–Kier alpha value is -0.700. The van der Waals surface area contributed by atoms with Crippen molar-refractivity contribution in [1.82, 2.24) is 4.31 Å². The van der Waals surface area contributed by atoms with E-state index in [1.54, 1.807) is 6.07 Å². The Kier molecular flexibility index (Phi) is 7.58. The predicted molar refractivity (Wildman–Crippen MR) is 81.9 cm³/mol. The first-order valence-corrected chi connectivity index (χ1v) is 8.25. The summed E-state index contributed by atoms with van der Waals surface area (Å²) in [7, 11) is -0.588. The summed E-state index contributed by atoms with van der Waals surface area (Å²) in [4.78, 5) is 0.166. The van der Waals surface area contributed by atoms with Crippen molar-refractivity contribution in [3.8, 4) is 0 Å². The Morgan fingerprint density at radius 3 is 2.24 bits per heavy atom. The SMILES string of the molecule is COCCN(CCOC)S(=O)(=O)c1ccc(Cl)c(CN)c1. The van der Waals surface area contributed by atoms with E-state index in [0.717, 1.165) is 0 Å². The summed E-state index contributed by atoms with van der Waals surface area (Å²) in [6, 6.07) is 4.52. The summed E-state index contributed by atoms with van der Waals surface area (Å²) in [5.41, 5.74) is 6.16. The summed E-state index contributed by atoms with van der Waals surface area (Å²) >= 11 is 5.96. The van der Waals surface area contributed by atoms with Gasteiger partial charge in [-0.1, -0.05) is 11.6 Å². The number of ether oxygens (including phenoxy) is 2. The molecule has 0 aromatic heterocycles. The van der Waals surface area contributed by atoms with E-state index in [1.807, 2.05) is 0 Å². The van der Waals surface area contributed by atoms with Crippen LogP contribution in [0.1, 0.15) is 5.56 Å². The summed E-state index contributed by atoms with van der Waals surface area (Å²) in [6.07, 6.45) is 0. The van der Waals surface area contributed by atoms with Crippen LogP contribution in [0.15, 0.2) is 23.1 Å². The van der Waals surface area contributed by atoms with Crippen LogP contribution in [0.25, 0.3) is 0 Å². The molecule has 0 amide bonds. The third-order valence-electron chi connectivity index (χ3n) is 2.96. The monoisotopic (exact) mass is 336 g/mol. The molecule has 0 heterocycles. The van der Waals surface area contributed by atoms with Crippen LogP contribution < -0.4 is 5.73 Å². The minimum atomic E-state index is -3.64. The third kappa shape index (κ3) is 4.91. The van der Waals surface area contributed by atoms with Crippen LogP contribution in [0.3, 0.4) is 0 Å². The minimum Gasteiger partial charge on any atom is -0.383 e. The Morgan fingerprint density at radius 2 is 1.76 bits per heavy atom. The van der Waals surface area contributed by atoms with Crippen molar-refractivity contribution in [2.45, 2.75) is 11.4 Å². The van der Waals surface area contributed by atoms with Gasteiger partial charge in [0.05, 0.1) is 18.1 Å². The number of hydrogen-bond acceptors (Lipinski definition) is 5. The molecule has 0 spiro atoms. The summed E-state index contributed by atoms with van der Waals surface area (Å²) < 4.78 is 36.6. The van der Waals surface area contributed by atoms with E-state index < -0.39 is 10.0 Å². The second kappa shape index (κ2) is 8.67. The number of rotatable bonds is 9. The van der Waals surface area contributed by atoms with E-state index in [-0.39, 0.29) is 24.5 Å². The highest BCUT2D eigenvalue weighted by Gasteiger charge is 2.24. The molecule has 1 rings (SSSR count). The topological polar surface area (TPSA) is 81.9 Å². The molecular formula is C13H21ClN2O4S. The van der Waals surface area contributed by atoms with Crippen molar-refractivity contribution in [3.05, 3.63) is 28.8 Å². The van der Waals surface area contributed by atoms with E-state index in [0.29, 0.717) is 23.8 Å². The van der Waals surface area contributed by atoms with E-state index >= 15 is 0 Å². The van der Waals surface area contributed by atoms with Gasteiger partial charge in [-0.15, -0.1) is 0 Å². The molecule has 1 aromatic rings. The summed E-state index contributed by atoms with van der Waals surface area (Å²) in [5, 5.41) is 0.455. The van der Waals surface area contributed by atoms with Crippen LogP contribution in [0.5, 0.6) is 0 Å². The molecule has 120 valence electrons. The zero-order chi connectivity index (χ0) is 15.9. The molecule has 0 fully saturated rings. The molecule has 0 aliphatic heterocycles. The van der Waals surface area contributed by atoms with Crippen molar-refractivity contribution in [2.75, 3.05) is 40.5 Å². The summed E-state index contributed by atoms with van der Waals surface area (Å²) in [6.45, 7) is 1.30. The first-order valence-electron chi connectivity index (χ1n) is 6.44. The molecular weight excluding hydrogens is 316 g/mol. The Bertz CT molecular complexity index is 543. The number of nitrogens with two attached hydrogens (primary N) is 1. The molecule has 0 aliphatic rings. The second-order valence-electron chi connectivity index (χ2n) is 4.35. The molecule has 8 heteroatoms. The minimum absolute atomic E-state index is 0.166. The van der Waals surface area contributed by atoms with Crippen molar-refractivity contribution >= 4 is 21.6 Å². The maximum absolute atomic E-state index is 12.7. The van der Waals surface area contributed by atoms with Gasteiger partial charge in [0.25, 0.3) is 0 Å². The van der Waals surface area contributed by atoms with Gasteiger partial charge < -0.3 is 15.2 Å². The largest absolute Gasteiger partial charge is 0.383 e. The van der Waals surface area contributed by atoms with Gasteiger partial charge in [0, 0.05) is 38.9 Å². The first-order chi connectivity index (χ1) is 9.97. The number of methoxy groups -OCH3 is 2. The van der Waals surface area contributed by atoms with Crippen molar-refractivity contribution in [2.24, 2.45) is 5.73 Å². The van der Waals surface area contributed by atoms with Crippen LogP contribution in [0, 0.1) is 0 Å². The van der Waals surface area contributed by atoms with E-state index in [9.17, 15) is 8.42 Å². The predicted octanol–water partition coefficient (Wildman–Crippen LogP) is 1.08. The third-order valence-corrected chi connectivity index (χ3v) is 5.23. The molecule has 1 aromatic carbocycles. The average molecular weight is 337 g/mol. The molecule has 0 aliphatic carbocycles. The molecule has 0 saturated heterocycles. The highest BCUT2D eigenvalue weighted by Crippen LogP contribution is 2.22. The van der Waals surface area contributed by atoms with Gasteiger partial charge in [-0.2, -0.15) is 4.31 Å². The first kappa shape index (κ1) is 18.3. The number of nitrogens with zero attached hydrogens (tertiary/aromatic N) is 1. The van der Waals surface area contributed by atoms with Gasteiger partial charge in [-0.25, -0.2) is 8.42 Å². The smallest absolute Gasteiger partial charge is 0.243 e. The van der Waals surface area contributed by atoms with E-state index in [4.69, 9.17) is 26.8 Å². The maximum Gasteiger partial charge on any atom is 0.243 e. The van der Waals surface area contributed by atoms with Crippen LogP contribution in [0.4, 0.5) is 0 Å². The van der Waals surface area contributed by atoms with Crippen LogP contribution in [-0.4, -0.2) is 53.2 Å². The lowest BCUT2D eigenvalue weighted by Crippen LogP contribution is -2.36. The normalized spacial score (nSPS) is 12.0. The van der Waals surface area contributed by atoms with Gasteiger partial charge in [0.15, 0.2) is 0 Å². The lowest BCUT2D eigenvalue weighted by atomic mass is 10.2. The number of hydrogen-bond donors (Lipinski definition) is 1.